The van der Waals surface area contributed by atoms with Gasteiger partial charge in [0, 0.05) is 19.6 Å². The Morgan fingerprint density at radius 1 is 1.44 bits per heavy atom. The highest BCUT2D eigenvalue weighted by atomic mass is 35.5. The molecule has 0 aromatic heterocycles. The zero-order valence-electron chi connectivity index (χ0n) is 9.15. The molecule has 1 rings (SSSR count). The molecule has 1 amide bonds. The van der Waals surface area contributed by atoms with E-state index in [0.717, 1.165) is 13.1 Å². The average molecular weight is 253 g/mol. The number of ether oxygens (including phenoxy) is 2. The van der Waals surface area contributed by atoms with Gasteiger partial charge in [0.25, 0.3) is 0 Å². The molecular formula is C9H17ClN2O4. The summed E-state index contributed by atoms with van der Waals surface area (Å²) < 4.78 is 9.66. The predicted molar refractivity (Wildman–Crippen MR) is 59.5 cm³/mol. The van der Waals surface area contributed by atoms with Gasteiger partial charge in [0.05, 0.1) is 19.6 Å². The van der Waals surface area contributed by atoms with Gasteiger partial charge >= 0.3 is 5.97 Å². The molecule has 0 bridgehead atoms. The summed E-state index contributed by atoms with van der Waals surface area (Å²) in [6.45, 7) is 1.94. The van der Waals surface area contributed by atoms with Crippen molar-refractivity contribution in [3.8, 4) is 0 Å². The summed E-state index contributed by atoms with van der Waals surface area (Å²) in [5.74, 6) is -0.537. The van der Waals surface area contributed by atoms with E-state index in [9.17, 15) is 9.59 Å². The quantitative estimate of drug-likeness (QED) is 0.598. The second-order valence-corrected chi connectivity index (χ2v) is 3.27. The molecule has 0 aromatic carbocycles. The van der Waals surface area contributed by atoms with Crippen LogP contribution in [0.25, 0.3) is 0 Å². The summed E-state index contributed by atoms with van der Waals surface area (Å²) in [5, 5.41) is 5.60. The lowest BCUT2D eigenvalue weighted by Crippen LogP contribution is -2.49. The molecule has 0 unspecified atom stereocenters. The Morgan fingerprint density at radius 2 is 2.12 bits per heavy atom. The van der Waals surface area contributed by atoms with Crippen molar-refractivity contribution in [3.63, 3.8) is 0 Å². The number of halogens is 1. The summed E-state index contributed by atoms with van der Waals surface area (Å²) in [4.78, 5) is 21.9. The maximum absolute atomic E-state index is 11.1. The van der Waals surface area contributed by atoms with Crippen LogP contribution in [-0.2, 0) is 19.1 Å². The Balaban J connectivity index is 0.00000225. The number of amides is 1. The maximum Gasteiger partial charge on any atom is 0.307 e. The molecule has 0 saturated carbocycles. The van der Waals surface area contributed by atoms with Crippen molar-refractivity contribution in [2.24, 2.45) is 0 Å². The highest BCUT2D eigenvalue weighted by Crippen LogP contribution is 1.96. The van der Waals surface area contributed by atoms with Gasteiger partial charge in [-0.05, 0) is 0 Å². The molecule has 0 atom stereocenters. The van der Waals surface area contributed by atoms with E-state index in [1.54, 1.807) is 0 Å². The zero-order valence-corrected chi connectivity index (χ0v) is 9.97. The standard InChI is InChI=1S/C9H16N2O4.ClH/c1-14-9(13)2-3-11-8(12)6-15-7-4-10-5-7;/h7,10H,2-6H2,1H3,(H,11,12);1H. The normalized spacial score (nSPS) is 14.6. The van der Waals surface area contributed by atoms with Crippen LogP contribution >= 0.6 is 12.4 Å². The Labute approximate surface area is 100 Å². The lowest BCUT2D eigenvalue weighted by molar-refractivity contribution is -0.140. The van der Waals surface area contributed by atoms with Crippen molar-refractivity contribution in [3.05, 3.63) is 0 Å². The van der Waals surface area contributed by atoms with Gasteiger partial charge in [-0.15, -0.1) is 12.4 Å². The minimum Gasteiger partial charge on any atom is -0.469 e. The second-order valence-electron chi connectivity index (χ2n) is 3.27. The fraction of sp³-hybridized carbons (Fsp3) is 0.778. The van der Waals surface area contributed by atoms with Crippen molar-refractivity contribution in [2.75, 3.05) is 33.4 Å². The van der Waals surface area contributed by atoms with Crippen LogP contribution in [0.3, 0.4) is 0 Å². The summed E-state index contributed by atoms with van der Waals surface area (Å²) >= 11 is 0. The van der Waals surface area contributed by atoms with Gasteiger partial charge in [0.1, 0.15) is 6.61 Å². The van der Waals surface area contributed by atoms with E-state index in [4.69, 9.17) is 4.74 Å². The summed E-state index contributed by atoms with van der Waals surface area (Å²) in [6, 6.07) is 0. The van der Waals surface area contributed by atoms with Crippen LogP contribution in [0.15, 0.2) is 0 Å². The highest BCUT2D eigenvalue weighted by Gasteiger charge is 2.17. The van der Waals surface area contributed by atoms with E-state index in [-0.39, 0.29) is 50.0 Å². The first-order chi connectivity index (χ1) is 7.22. The van der Waals surface area contributed by atoms with Crippen molar-refractivity contribution < 1.29 is 19.1 Å². The average Bonchev–Trinajstić information content (AvgIpc) is 2.15. The Bertz CT molecular complexity index is 234. The minimum absolute atomic E-state index is 0. The first-order valence-corrected chi connectivity index (χ1v) is 4.88. The molecule has 94 valence electrons. The number of carbonyl (C=O) groups is 2. The third-order valence-electron chi connectivity index (χ3n) is 2.07. The van der Waals surface area contributed by atoms with Crippen LogP contribution in [-0.4, -0.2) is 51.3 Å². The third kappa shape index (κ3) is 5.89. The summed E-state index contributed by atoms with van der Waals surface area (Å²) in [6.07, 6.45) is 0.337. The molecular weight excluding hydrogens is 236 g/mol. The van der Waals surface area contributed by atoms with Gasteiger partial charge in [-0.3, -0.25) is 9.59 Å². The molecule has 1 aliphatic rings. The molecule has 0 radical (unpaired) electrons. The zero-order chi connectivity index (χ0) is 11.1. The predicted octanol–water partition coefficient (Wildman–Crippen LogP) is -0.924. The first-order valence-electron chi connectivity index (χ1n) is 4.88. The van der Waals surface area contributed by atoms with Crippen LogP contribution in [0.5, 0.6) is 0 Å². The lowest BCUT2D eigenvalue weighted by Gasteiger charge is -2.26. The van der Waals surface area contributed by atoms with Gasteiger partial charge in [-0.2, -0.15) is 0 Å². The van der Waals surface area contributed by atoms with Crippen molar-refractivity contribution in [1.82, 2.24) is 10.6 Å². The molecule has 1 saturated heterocycles. The number of nitrogens with one attached hydrogen (secondary N) is 2. The van der Waals surface area contributed by atoms with Crippen LogP contribution in [0.4, 0.5) is 0 Å². The molecule has 6 nitrogen and oxygen atoms in total. The van der Waals surface area contributed by atoms with Crippen molar-refractivity contribution in [1.29, 1.82) is 0 Å². The van der Waals surface area contributed by atoms with E-state index < -0.39 is 0 Å². The molecule has 16 heavy (non-hydrogen) atoms. The van der Waals surface area contributed by atoms with Crippen molar-refractivity contribution >= 4 is 24.3 Å². The monoisotopic (exact) mass is 252 g/mol. The van der Waals surface area contributed by atoms with Gasteiger partial charge in [0.15, 0.2) is 0 Å². The largest absolute Gasteiger partial charge is 0.469 e. The van der Waals surface area contributed by atoms with E-state index in [2.05, 4.69) is 15.4 Å². The van der Waals surface area contributed by atoms with Gasteiger partial charge in [0.2, 0.25) is 5.91 Å². The lowest BCUT2D eigenvalue weighted by atomic mass is 10.2. The molecule has 7 heteroatoms. The molecule has 0 aliphatic carbocycles. The van der Waals surface area contributed by atoms with Crippen LogP contribution < -0.4 is 10.6 Å². The number of hydrogen-bond donors (Lipinski definition) is 2. The molecule has 0 spiro atoms. The number of methoxy groups -OCH3 is 1. The molecule has 0 aromatic rings. The number of hydrogen-bond acceptors (Lipinski definition) is 5. The van der Waals surface area contributed by atoms with Crippen LogP contribution in [0.1, 0.15) is 6.42 Å². The maximum atomic E-state index is 11.1. The Morgan fingerprint density at radius 3 is 2.62 bits per heavy atom. The summed E-state index contributed by atoms with van der Waals surface area (Å²) in [7, 11) is 1.32. The number of rotatable bonds is 6. The number of carbonyl (C=O) groups excluding carboxylic acids is 2. The summed E-state index contributed by atoms with van der Waals surface area (Å²) in [5.41, 5.74) is 0. The smallest absolute Gasteiger partial charge is 0.307 e. The molecule has 2 N–H and O–H groups in total. The van der Waals surface area contributed by atoms with E-state index in [1.165, 1.54) is 7.11 Å². The first kappa shape index (κ1) is 15.2. The van der Waals surface area contributed by atoms with Gasteiger partial charge in [-0.1, -0.05) is 0 Å². The van der Waals surface area contributed by atoms with Crippen LogP contribution in [0.2, 0.25) is 0 Å². The van der Waals surface area contributed by atoms with E-state index >= 15 is 0 Å². The highest BCUT2D eigenvalue weighted by molar-refractivity contribution is 5.85. The fourth-order valence-corrected chi connectivity index (χ4v) is 1.03. The van der Waals surface area contributed by atoms with Crippen molar-refractivity contribution in [2.45, 2.75) is 12.5 Å². The van der Waals surface area contributed by atoms with E-state index in [1.807, 2.05) is 0 Å². The topological polar surface area (TPSA) is 76.7 Å². The molecule has 1 fully saturated rings. The minimum atomic E-state index is -0.334. The van der Waals surface area contributed by atoms with Gasteiger partial charge in [-0.25, -0.2) is 0 Å². The Hall–Kier alpha value is -0.850. The Kier molecular flexibility index (Phi) is 7.88. The molecule has 1 aliphatic heterocycles. The van der Waals surface area contributed by atoms with Gasteiger partial charge < -0.3 is 20.1 Å². The SMILES string of the molecule is COC(=O)CCNC(=O)COC1CNC1.Cl. The van der Waals surface area contributed by atoms with Crippen LogP contribution in [0, 0.1) is 0 Å². The number of esters is 1. The fourth-order valence-electron chi connectivity index (χ4n) is 1.03. The molecule has 1 heterocycles. The third-order valence-corrected chi connectivity index (χ3v) is 2.07. The van der Waals surface area contributed by atoms with E-state index in [0.29, 0.717) is 0 Å². The second kappa shape index (κ2) is 8.32.